The van der Waals surface area contributed by atoms with Gasteiger partial charge >= 0.3 is 5.97 Å². The van der Waals surface area contributed by atoms with E-state index in [-0.39, 0.29) is 18.9 Å². The van der Waals surface area contributed by atoms with Crippen molar-refractivity contribution in [3.05, 3.63) is 12.7 Å². The van der Waals surface area contributed by atoms with Gasteiger partial charge in [-0.15, -0.1) is 6.58 Å². The van der Waals surface area contributed by atoms with Crippen molar-refractivity contribution in [1.29, 1.82) is 0 Å². The molecule has 1 aliphatic rings. The molecule has 0 saturated carbocycles. The molecule has 5 nitrogen and oxygen atoms in total. The Bertz CT molecular complexity index is 290. The monoisotopic (exact) mass is 212 g/mol. The minimum Gasteiger partial charge on any atom is -0.479 e. The number of nitrogens with two attached hydrogens (primary N) is 1. The zero-order chi connectivity index (χ0) is 11.5. The number of carbonyl (C=O) groups is 2. The highest BCUT2D eigenvalue weighted by Crippen LogP contribution is 2.33. The number of amides is 1. The van der Waals surface area contributed by atoms with Gasteiger partial charge < -0.3 is 15.7 Å². The van der Waals surface area contributed by atoms with E-state index >= 15 is 0 Å². The quantitative estimate of drug-likeness (QED) is 0.641. The molecule has 0 bridgehead atoms. The van der Waals surface area contributed by atoms with Crippen LogP contribution in [0, 0.1) is 0 Å². The maximum Gasteiger partial charge on any atom is 0.329 e. The van der Waals surface area contributed by atoms with Crippen LogP contribution in [-0.2, 0) is 9.59 Å². The topological polar surface area (TPSA) is 83.6 Å². The maximum absolute atomic E-state index is 11.5. The molecule has 1 atom stereocenters. The van der Waals surface area contributed by atoms with Crippen LogP contribution in [0.15, 0.2) is 12.7 Å². The molecule has 1 fully saturated rings. The maximum atomic E-state index is 11.5. The molecular weight excluding hydrogens is 196 g/mol. The van der Waals surface area contributed by atoms with E-state index in [2.05, 4.69) is 6.58 Å². The molecule has 1 unspecified atom stereocenters. The molecule has 3 N–H and O–H groups in total. The third-order valence-electron chi connectivity index (χ3n) is 2.84. The first kappa shape index (κ1) is 11.7. The predicted molar refractivity (Wildman–Crippen MR) is 55.2 cm³/mol. The number of hydrogen-bond acceptors (Lipinski definition) is 3. The van der Waals surface area contributed by atoms with Gasteiger partial charge in [-0.2, -0.15) is 0 Å². The fourth-order valence-corrected chi connectivity index (χ4v) is 2.11. The fourth-order valence-electron chi connectivity index (χ4n) is 2.11. The number of rotatable bonds is 4. The lowest BCUT2D eigenvalue weighted by molar-refractivity contribution is -0.155. The highest BCUT2D eigenvalue weighted by molar-refractivity contribution is 5.88. The number of nitrogens with zero attached hydrogens (tertiary/aromatic N) is 1. The van der Waals surface area contributed by atoms with Gasteiger partial charge in [-0.1, -0.05) is 6.08 Å². The van der Waals surface area contributed by atoms with E-state index in [9.17, 15) is 14.7 Å². The number of carbonyl (C=O) groups excluding carboxylic acids is 1. The fraction of sp³-hybridized carbons (Fsp3) is 0.600. The zero-order valence-electron chi connectivity index (χ0n) is 8.61. The van der Waals surface area contributed by atoms with Crippen molar-refractivity contribution in [2.24, 2.45) is 5.73 Å². The Hall–Kier alpha value is -1.36. The molecule has 5 heteroatoms. The van der Waals surface area contributed by atoms with Gasteiger partial charge in [0, 0.05) is 6.54 Å². The number of carboxylic acid groups (broad SMARTS) is 1. The molecule has 0 aromatic carbocycles. The Kier molecular flexibility index (Phi) is 3.47. The molecule has 1 rings (SSSR count). The minimum atomic E-state index is -1.11. The summed E-state index contributed by atoms with van der Waals surface area (Å²) in [5.74, 6) is -1.28. The summed E-state index contributed by atoms with van der Waals surface area (Å²) in [7, 11) is 0. The molecule has 1 aliphatic heterocycles. The lowest BCUT2D eigenvalue weighted by Crippen LogP contribution is -2.54. The largest absolute Gasteiger partial charge is 0.479 e. The molecule has 0 aliphatic carbocycles. The summed E-state index contributed by atoms with van der Waals surface area (Å²) in [4.78, 5) is 24.1. The van der Waals surface area contributed by atoms with Crippen molar-refractivity contribution < 1.29 is 14.7 Å². The molecule has 0 aromatic rings. The van der Waals surface area contributed by atoms with Crippen LogP contribution in [0.4, 0.5) is 0 Å². The van der Waals surface area contributed by atoms with Crippen LogP contribution in [-0.4, -0.2) is 40.5 Å². The summed E-state index contributed by atoms with van der Waals surface area (Å²) < 4.78 is 0. The standard InChI is InChI=1S/C10H16N2O3/c1-2-4-10(9(14)15)5-3-6-12(10)8(13)7-11/h2H,1,3-7,11H2,(H,14,15). The summed E-state index contributed by atoms with van der Waals surface area (Å²) in [5, 5.41) is 9.23. The second-order valence-electron chi connectivity index (χ2n) is 3.68. The van der Waals surface area contributed by atoms with Crippen LogP contribution in [0.25, 0.3) is 0 Å². The van der Waals surface area contributed by atoms with Crippen molar-refractivity contribution >= 4 is 11.9 Å². The van der Waals surface area contributed by atoms with Crippen molar-refractivity contribution in [2.75, 3.05) is 13.1 Å². The van der Waals surface area contributed by atoms with E-state index in [1.54, 1.807) is 0 Å². The van der Waals surface area contributed by atoms with E-state index in [0.29, 0.717) is 19.4 Å². The Morgan fingerprint density at radius 1 is 1.60 bits per heavy atom. The highest BCUT2D eigenvalue weighted by atomic mass is 16.4. The zero-order valence-corrected chi connectivity index (χ0v) is 8.61. The van der Waals surface area contributed by atoms with E-state index in [1.165, 1.54) is 11.0 Å². The van der Waals surface area contributed by atoms with Crippen LogP contribution in [0.3, 0.4) is 0 Å². The Morgan fingerprint density at radius 3 is 2.73 bits per heavy atom. The SMILES string of the molecule is C=CCC1(C(=O)O)CCCN1C(=O)CN. The van der Waals surface area contributed by atoms with Crippen LogP contribution in [0.5, 0.6) is 0 Å². The summed E-state index contributed by atoms with van der Waals surface area (Å²) in [5.41, 5.74) is 4.15. The number of likely N-dealkylation sites (tertiary alicyclic amines) is 1. The minimum absolute atomic E-state index is 0.147. The highest BCUT2D eigenvalue weighted by Gasteiger charge is 2.48. The van der Waals surface area contributed by atoms with Gasteiger partial charge in [0.15, 0.2) is 0 Å². The summed E-state index contributed by atoms with van der Waals surface area (Å²) in [6, 6.07) is 0. The van der Waals surface area contributed by atoms with Gasteiger partial charge in [-0.05, 0) is 19.3 Å². The van der Waals surface area contributed by atoms with Gasteiger partial charge in [0.1, 0.15) is 5.54 Å². The Labute approximate surface area is 88.5 Å². The Balaban J connectivity index is 2.99. The third-order valence-corrected chi connectivity index (χ3v) is 2.84. The van der Waals surface area contributed by atoms with Crippen LogP contribution in [0.2, 0.25) is 0 Å². The van der Waals surface area contributed by atoms with Crippen molar-refractivity contribution in [1.82, 2.24) is 4.90 Å². The molecule has 1 heterocycles. The van der Waals surface area contributed by atoms with Gasteiger partial charge in [0.2, 0.25) is 5.91 Å². The molecule has 0 spiro atoms. The Morgan fingerprint density at radius 2 is 2.27 bits per heavy atom. The smallest absolute Gasteiger partial charge is 0.329 e. The van der Waals surface area contributed by atoms with Gasteiger partial charge in [0.25, 0.3) is 0 Å². The van der Waals surface area contributed by atoms with Crippen LogP contribution < -0.4 is 5.73 Å². The molecule has 1 amide bonds. The first-order chi connectivity index (χ1) is 7.08. The molecule has 0 aromatic heterocycles. The second-order valence-corrected chi connectivity index (χ2v) is 3.68. The normalized spacial score (nSPS) is 25.3. The first-order valence-corrected chi connectivity index (χ1v) is 4.93. The molecular formula is C10H16N2O3. The van der Waals surface area contributed by atoms with Crippen LogP contribution >= 0.6 is 0 Å². The van der Waals surface area contributed by atoms with Gasteiger partial charge in [-0.25, -0.2) is 4.79 Å². The number of aliphatic carboxylic acids is 1. The molecule has 0 radical (unpaired) electrons. The van der Waals surface area contributed by atoms with Gasteiger partial charge in [-0.3, -0.25) is 4.79 Å². The van der Waals surface area contributed by atoms with E-state index in [4.69, 9.17) is 5.73 Å². The second kappa shape index (κ2) is 4.44. The van der Waals surface area contributed by atoms with Crippen molar-refractivity contribution in [2.45, 2.75) is 24.8 Å². The first-order valence-electron chi connectivity index (χ1n) is 4.93. The van der Waals surface area contributed by atoms with E-state index in [1.807, 2.05) is 0 Å². The summed E-state index contributed by atoms with van der Waals surface area (Å²) >= 11 is 0. The molecule has 1 saturated heterocycles. The summed E-state index contributed by atoms with van der Waals surface area (Å²) in [6.07, 6.45) is 2.98. The lowest BCUT2D eigenvalue weighted by atomic mass is 9.92. The van der Waals surface area contributed by atoms with E-state index in [0.717, 1.165) is 0 Å². The average Bonchev–Trinajstić information content (AvgIpc) is 2.62. The summed E-state index contributed by atoms with van der Waals surface area (Å²) in [6.45, 7) is 3.86. The van der Waals surface area contributed by atoms with Gasteiger partial charge in [0.05, 0.1) is 6.54 Å². The van der Waals surface area contributed by atoms with Crippen molar-refractivity contribution in [3.8, 4) is 0 Å². The predicted octanol–water partition coefficient (Wildman–Crippen LogP) is -0.0330. The third kappa shape index (κ3) is 1.87. The molecule has 84 valence electrons. The average molecular weight is 212 g/mol. The number of hydrogen-bond donors (Lipinski definition) is 2. The number of carboxylic acids is 1. The van der Waals surface area contributed by atoms with E-state index < -0.39 is 11.5 Å². The molecule has 15 heavy (non-hydrogen) atoms. The van der Waals surface area contributed by atoms with Crippen LogP contribution in [0.1, 0.15) is 19.3 Å². The van der Waals surface area contributed by atoms with Crippen molar-refractivity contribution in [3.63, 3.8) is 0 Å². The lowest BCUT2D eigenvalue weighted by Gasteiger charge is -2.33.